The van der Waals surface area contributed by atoms with E-state index in [1.807, 2.05) is 0 Å². The molecular formula is C38H49BO2+2. The second-order valence-corrected chi connectivity index (χ2v) is 13.5. The molecule has 0 radical (unpaired) electrons. The molecule has 41 heavy (non-hydrogen) atoms. The van der Waals surface area contributed by atoms with Gasteiger partial charge in [-0.05, 0) is 0 Å². The fourth-order valence-electron chi connectivity index (χ4n) is 5.99. The van der Waals surface area contributed by atoms with E-state index in [1.54, 1.807) is 0 Å². The quantitative estimate of drug-likeness (QED) is 0.189. The van der Waals surface area contributed by atoms with Crippen molar-refractivity contribution in [3.05, 3.63) is 75.8 Å². The third-order valence-corrected chi connectivity index (χ3v) is 8.43. The number of rotatable bonds is 9. The summed E-state index contributed by atoms with van der Waals surface area (Å²) in [7, 11) is 0. The maximum atomic E-state index is 12.5. The molecule has 0 aliphatic heterocycles. The van der Waals surface area contributed by atoms with Crippen molar-refractivity contribution < 1.29 is 9.30 Å². The van der Waals surface area contributed by atoms with Gasteiger partial charge in [-0.15, -0.1) is 0 Å². The van der Waals surface area contributed by atoms with Crippen molar-refractivity contribution >= 4 is 12.2 Å². The van der Waals surface area contributed by atoms with Gasteiger partial charge in [-0.1, -0.05) is 0 Å². The van der Waals surface area contributed by atoms with Crippen LogP contribution in [0.3, 0.4) is 0 Å². The molecule has 3 aromatic carbocycles. The summed E-state index contributed by atoms with van der Waals surface area (Å²) < 4.78 is 25.0. The third kappa shape index (κ3) is 6.66. The van der Waals surface area contributed by atoms with Gasteiger partial charge in [0, 0.05) is 0 Å². The Hall–Kier alpha value is -2.80. The molecule has 0 atom stereocenters. The van der Waals surface area contributed by atoms with E-state index in [0.29, 0.717) is 11.8 Å². The second-order valence-electron chi connectivity index (χ2n) is 13.5. The van der Waals surface area contributed by atoms with Crippen molar-refractivity contribution in [2.75, 3.05) is 0 Å². The summed E-state index contributed by atoms with van der Waals surface area (Å²) in [4.78, 5) is 0. The van der Waals surface area contributed by atoms with Crippen molar-refractivity contribution in [2.45, 2.75) is 119 Å². The predicted molar refractivity (Wildman–Crippen MR) is 176 cm³/mol. The molecule has 0 aliphatic rings. The zero-order valence-electron chi connectivity index (χ0n) is 27.4. The van der Waals surface area contributed by atoms with Crippen molar-refractivity contribution in [3.63, 3.8) is 0 Å². The number of hydrogen-bond acceptors (Lipinski definition) is 0. The first-order valence-corrected chi connectivity index (χ1v) is 15.5. The molecule has 2 nitrogen and oxygen atoms in total. The van der Waals surface area contributed by atoms with Gasteiger partial charge < -0.3 is 0 Å². The normalized spacial score (nSPS) is 11.7. The van der Waals surface area contributed by atoms with Crippen LogP contribution in [0.5, 0.6) is 0 Å². The predicted octanol–water partition coefficient (Wildman–Crippen LogP) is 10.3. The molecule has 0 saturated heterocycles. The van der Waals surface area contributed by atoms with Gasteiger partial charge in [0.05, 0.1) is 0 Å². The summed E-state index contributed by atoms with van der Waals surface area (Å²) in [6.07, 6.45) is 0. The van der Waals surface area contributed by atoms with Crippen LogP contribution < -0.4 is 5.46 Å². The second kappa shape index (κ2) is 13.5. The van der Waals surface area contributed by atoms with Gasteiger partial charge in [0.15, 0.2) is 0 Å². The fraction of sp³-hybridized carbons (Fsp3) is 0.474. The molecule has 3 aromatic rings. The van der Waals surface area contributed by atoms with E-state index in [0.717, 1.165) is 27.7 Å². The minimum absolute atomic E-state index is 0.263. The fourth-order valence-corrected chi connectivity index (χ4v) is 5.99. The van der Waals surface area contributed by atoms with Crippen LogP contribution in [-0.4, -0.2) is 6.71 Å². The summed E-state index contributed by atoms with van der Waals surface area (Å²) in [6.45, 7) is 25.6. The minimum atomic E-state index is -1.10. The van der Waals surface area contributed by atoms with Crippen molar-refractivity contribution in [1.29, 1.82) is 0 Å². The number of hydrogen-bond donors (Lipinski definition) is 0. The van der Waals surface area contributed by atoms with Crippen LogP contribution in [0, 0.1) is 12.1 Å². The maximum absolute atomic E-state index is 12.5. The van der Waals surface area contributed by atoms with Crippen molar-refractivity contribution in [2.24, 2.45) is 0 Å². The molecule has 0 amide bonds. The van der Waals surface area contributed by atoms with E-state index in [1.165, 1.54) is 33.4 Å². The van der Waals surface area contributed by atoms with Crippen LogP contribution in [0.4, 0.5) is 0 Å². The standard InChI is InChI=1S/C38H49BO2/c1-22(2)28-16-32(24(5)6)36(33(17-28)25(7)8)30-14-13-15-31(38(30)39(20-40)21-41)37-34(26(9)10)18-29(23(3)4)19-35(37)27(11)12/h13-19,22-27H,1-12H3/q+2. The molecule has 3 heteroatoms. The molecule has 0 aliphatic carbocycles. The average Bonchev–Trinajstić information content (AvgIpc) is 2.91. The summed E-state index contributed by atoms with van der Waals surface area (Å²) in [5.74, 6) is 1.84. The first-order chi connectivity index (χ1) is 19.2. The van der Waals surface area contributed by atoms with Gasteiger partial charge >= 0.3 is 250 Å². The first kappa shape index (κ1) is 32.7. The van der Waals surface area contributed by atoms with E-state index in [4.69, 9.17) is 0 Å². The zero-order chi connectivity index (χ0) is 30.8. The van der Waals surface area contributed by atoms with Gasteiger partial charge in [0.25, 0.3) is 0 Å². The molecule has 0 fully saturated rings. The Bertz CT molecular complexity index is 1310. The van der Waals surface area contributed by atoms with E-state index in [9.17, 15) is 9.30 Å². The zero-order valence-corrected chi connectivity index (χ0v) is 27.4. The molecule has 0 heterocycles. The molecule has 3 rings (SSSR count). The van der Waals surface area contributed by atoms with Crippen LogP contribution in [-0.2, 0) is 9.30 Å². The topological polar surface area (TPSA) is 39.8 Å². The summed E-state index contributed by atoms with van der Waals surface area (Å²) in [5.41, 5.74) is 12.5. The van der Waals surface area contributed by atoms with Crippen LogP contribution >= 0.6 is 0 Å². The van der Waals surface area contributed by atoms with Crippen LogP contribution in [0.25, 0.3) is 22.3 Å². The van der Waals surface area contributed by atoms with Crippen LogP contribution in [0.15, 0.2) is 42.5 Å². The Morgan fingerprint density at radius 2 is 0.780 bits per heavy atom. The van der Waals surface area contributed by atoms with Crippen molar-refractivity contribution in [3.8, 4) is 34.3 Å². The van der Waals surface area contributed by atoms with Crippen molar-refractivity contribution in [1.82, 2.24) is 0 Å². The Morgan fingerprint density at radius 1 is 0.488 bits per heavy atom. The van der Waals surface area contributed by atoms with E-state index < -0.39 is 6.71 Å². The Balaban J connectivity index is 2.63. The molecule has 0 bridgehead atoms. The van der Waals surface area contributed by atoms with E-state index in [-0.39, 0.29) is 23.7 Å². The molecule has 214 valence electrons. The Morgan fingerprint density at radius 3 is 1.00 bits per heavy atom. The van der Waals surface area contributed by atoms with Gasteiger partial charge in [0.2, 0.25) is 0 Å². The average molecular weight is 549 g/mol. The third-order valence-electron chi connectivity index (χ3n) is 8.43. The summed E-state index contributed by atoms with van der Waals surface area (Å²) in [5, 5.41) is 0. The Kier molecular flexibility index (Phi) is 10.7. The van der Waals surface area contributed by atoms with Crippen LogP contribution in [0.1, 0.15) is 152 Å². The Labute approximate surface area is 249 Å². The van der Waals surface area contributed by atoms with Gasteiger partial charge in [-0.25, -0.2) is 0 Å². The SMILES string of the molecule is CC(C)c1cc(C(C)C)c(-c2cccc(-c3c(C(C)C)cc(C(C)C)cc3C(C)C)c2B(C#[O+])C#[O+])c(C(C)C)c1. The number of benzene rings is 3. The van der Waals surface area contributed by atoms with Crippen LogP contribution in [0.2, 0.25) is 0 Å². The molecular weight excluding hydrogens is 499 g/mol. The molecule has 0 spiro atoms. The van der Waals surface area contributed by atoms with E-state index >= 15 is 0 Å². The van der Waals surface area contributed by atoms with Gasteiger partial charge in [-0.3, -0.25) is 0 Å². The van der Waals surface area contributed by atoms with Gasteiger partial charge in [-0.2, -0.15) is 0 Å². The van der Waals surface area contributed by atoms with Gasteiger partial charge in [0.1, 0.15) is 0 Å². The molecule has 0 N–H and O–H groups in total. The first-order valence-electron chi connectivity index (χ1n) is 15.5. The summed E-state index contributed by atoms with van der Waals surface area (Å²) in [6, 6.07) is 19.7. The monoisotopic (exact) mass is 548 g/mol. The summed E-state index contributed by atoms with van der Waals surface area (Å²) >= 11 is 0. The molecule has 0 saturated carbocycles. The molecule has 0 unspecified atom stereocenters. The molecule has 0 aromatic heterocycles. The van der Waals surface area contributed by atoms with E-state index in [2.05, 4.69) is 138 Å².